The average molecular weight is 806 g/mol. The van der Waals surface area contributed by atoms with E-state index in [1.54, 1.807) is 0 Å². The zero-order valence-corrected chi connectivity index (χ0v) is 36.4. The molecule has 318 valence electrons. The van der Waals surface area contributed by atoms with Crippen LogP contribution in [0.3, 0.4) is 0 Å². The molecular formula is C53H71N7. The van der Waals surface area contributed by atoms with Gasteiger partial charge in [-0.25, -0.2) is 0 Å². The SMILES string of the molecule is Cc1cc(C2CCC(n3cc(C4CCCC(NCCCN)C4)c4cc(C#N)ccc43)CC2)cc(C(CCNCC2(CN)CC2)c2cn(C3CCCCC3)c3ccccc23)c1. The second-order valence-corrected chi connectivity index (χ2v) is 19.7. The fourth-order valence-electron chi connectivity index (χ4n) is 11.9. The number of para-hydroxylation sites is 1. The van der Waals surface area contributed by atoms with Crippen LogP contribution in [-0.4, -0.2) is 47.9 Å². The van der Waals surface area contributed by atoms with E-state index < -0.39 is 0 Å². The Bertz CT molecular complexity index is 2260. The maximum Gasteiger partial charge on any atom is 0.0991 e. The van der Waals surface area contributed by atoms with Crippen molar-refractivity contribution in [1.29, 1.82) is 5.26 Å². The first-order valence-corrected chi connectivity index (χ1v) is 24.1. The van der Waals surface area contributed by atoms with Crippen molar-refractivity contribution in [3.8, 4) is 6.07 Å². The third-order valence-electron chi connectivity index (χ3n) is 15.6. The number of hydrogen-bond acceptors (Lipinski definition) is 5. The smallest absolute Gasteiger partial charge is 0.0991 e. The number of nitrogens with two attached hydrogens (primary N) is 2. The van der Waals surface area contributed by atoms with E-state index in [0.717, 1.165) is 57.5 Å². The second-order valence-electron chi connectivity index (χ2n) is 19.7. The largest absolute Gasteiger partial charge is 0.344 e. The maximum atomic E-state index is 9.90. The fraction of sp³-hybridized carbons (Fsp3) is 0.566. The highest BCUT2D eigenvalue weighted by molar-refractivity contribution is 5.86. The molecule has 4 aliphatic rings. The Morgan fingerprint density at radius 1 is 0.783 bits per heavy atom. The quantitative estimate of drug-likeness (QED) is 0.0743. The van der Waals surface area contributed by atoms with E-state index in [1.165, 1.54) is 140 Å². The van der Waals surface area contributed by atoms with Gasteiger partial charge in [-0.05, 0) is 180 Å². The van der Waals surface area contributed by atoms with Crippen LogP contribution in [0, 0.1) is 23.7 Å². The maximum absolute atomic E-state index is 9.90. The van der Waals surface area contributed by atoms with Gasteiger partial charge in [-0.3, -0.25) is 0 Å². The van der Waals surface area contributed by atoms with E-state index >= 15 is 0 Å². The summed E-state index contributed by atoms with van der Waals surface area (Å²) in [7, 11) is 0. The van der Waals surface area contributed by atoms with E-state index in [9.17, 15) is 5.26 Å². The topological polar surface area (TPSA) is 110 Å². The molecule has 4 fully saturated rings. The summed E-state index contributed by atoms with van der Waals surface area (Å²) in [4.78, 5) is 0. The van der Waals surface area contributed by atoms with Gasteiger partial charge in [0.2, 0.25) is 0 Å². The molecule has 60 heavy (non-hydrogen) atoms. The summed E-state index contributed by atoms with van der Waals surface area (Å²) in [5, 5.41) is 20.3. The van der Waals surface area contributed by atoms with Crippen LogP contribution in [0.15, 0.2) is 73.1 Å². The predicted molar refractivity (Wildman–Crippen MR) is 249 cm³/mol. The zero-order chi connectivity index (χ0) is 41.1. The third kappa shape index (κ3) is 8.86. The van der Waals surface area contributed by atoms with Crippen LogP contribution in [0.25, 0.3) is 21.8 Å². The van der Waals surface area contributed by atoms with Crippen LogP contribution in [-0.2, 0) is 0 Å². The molecule has 9 rings (SSSR count). The number of nitrogens with one attached hydrogen (secondary N) is 2. The molecule has 2 heterocycles. The average Bonchev–Trinajstić information content (AvgIpc) is 3.83. The van der Waals surface area contributed by atoms with Crippen LogP contribution in [0.2, 0.25) is 0 Å². The molecule has 0 spiro atoms. The number of nitriles is 1. The Morgan fingerprint density at radius 3 is 2.35 bits per heavy atom. The van der Waals surface area contributed by atoms with E-state index in [4.69, 9.17) is 11.5 Å². The lowest BCUT2D eigenvalue weighted by Crippen LogP contribution is -2.34. The number of aryl methyl sites for hydroxylation is 1. The third-order valence-corrected chi connectivity index (χ3v) is 15.6. The Kier molecular flexibility index (Phi) is 12.8. The first kappa shape index (κ1) is 41.4. The summed E-state index contributed by atoms with van der Waals surface area (Å²) in [6.45, 7) is 6.89. The highest BCUT2D eigenvalue weighted by atomic mass is 15.0. The Morgan fingerprint density at radius 2 is 1.57 bits per heavy atom. The number of nitrogens with zero attached hydrogens (tertiary/aromatic N) is 3. The molecule has 3 atom stereocenters. The van der Waals surface area contributed by atoms with E-state index in [0.29, 0.717) is 41.3 Å². The summed E-state index contributed by atoms with van der Waals surface area (Å²) >= 11 is 0. The van der Waals surface area contributed by atoms with E-state index in [1.807, 2.05) is 6.07 Å². The highest BCUT2D eigenvalue weighted by Crippen LogP contribution is 2.46. The lowest BCUT2D eigenvalue weighted by atomic mass is 9.79. The molecule has 3 unspecified atom stereocenters. The Hall–Kier alpha value is -3.93. The summed E-state index contributed by atoms with van der Waals surface area (Å²) in [6.07, 6.45) is 26.0. The summed E-state index contributed by atoms with van der Waals surface area (Å²) in [5.41, 5.74) is 23.2. The fourth-order valence-corrected chi connectivity index (χ4v) is 11.9. The van der Waals surface area contributed by atoms with Crippen molar-refractivity contribution in [2.75, 3.05) is 32.7 Å². The van der Waals surface area contributed by atoms with Gasteiger partial charge >= 0.3 is 0 Å². The van der Waals surface area contributed by atoms with Gasteiger partial charge in [-0.15, -0.1) is 0 Å². The van der Waals surface area contributed by atoms with Gasteiger partial charge in [0.25, 0.3) is 0 Å². The molecule has 0 radical (unpaired) electrons. The monoisotopic (exact) mass is 806 g/mol. The van der Waals surface area contributed by atoms with Crippen molar-refractivity contribution >= 4 is 21.8 Å². The molecule has 7 nitrogen and oxygen atoms in total. The molecule has 0 amide bonds. The van der Waals surface area contributed by atoms with Crippen LogP contribution >= 0.6 is 0 Å². The van der Waals surface area contributed by atoms with Gasteiger partial charge in [0.15, 0.2) is 0 Å². The lowest BCUT2D eigenvalue weighted by Gasteiger charge is -2.31. The lowest BCUT2D eigenvalue weighted by molar-refractivity contribution is 0.325. The standard InChI is InChI=1S/C53H71N7/c1-37-27-41(39-16-18-45(19-17-39)59-33-49(48-29-38(32-55)15-20-52(48)59)40-9-7-10-43(31-40)58-25-8-24-54)30-42(28-37)46(21-26-57-36-53(35-56)22-23-53)50-34-60(44-11-3-2-4-12-44)51-14-6-5-13-47(50)51/h5-6,13-15,20,27-30,33-34,39-40,43-46,57-58H,2-4,7-12,16-19,21-26,31,35-36,54,56H2,1H3. The van der Waals surface area contributed by atoms with Gasteiger partial charge in [-0.1, -0.05) is 67.6 Å². The van der Waals surface area contributed by atoms with Crippen LogP contribution in [0.1, 0.15) is 172 Å². The highest BCUT2D eigenvalue weighted by Gasteiger charge is 2.40. The van der Waals surface area contributed by atoms with E-state index in [2.05, 4.69) is 99.8 Å². The predicted octanol–water partition coefficient (Wildman–Crippen LogP) is 11.0. The first-order valence-electron chi connectivity index (χ1n) is 24.1. The summed E-state index contributed by atoms with van der Waals surface area (Å²) < 4.78 is 5.29. The van der Waals surface area contributed by atoms with Gasteiger partial charge in [-0.2, -0.15) is 5.26 Å². The molecule has 5 aromatic rings. The second kappa shape index (κ2) is 18.6. The number of rotatable bonds is 16. The molecular weight excluding hydrogens is 735 g/mol. The van der Waals surface area contributed by atoms with Gasteiger partial charge < -0.3 is 31.2 Å². The van der Waals surface area contributed by atoms with Crippen molar-refractivity contribution in [2.24, 2.45) is 16.9 Å². The molecule has 2 aromatic heterocycles. The van der Waals surface area contributed by atoms with Crippen molar-refractivity contribution < 1.29 is 0 Å². The van der Waals surface area contributed by atoms with E-state index in [-0.39, 0.29) is 0 Å². The number of aromatic nitrogens is 2. The minimum atomic E-state index is 0.327. The Labute approximate surface area is 359 Å². The summed E-state index contributed by atoms with van der Waals surface area (Å²) in [5.74, 6) is 1.41. The molecule has 6 N–H and O–H groups in total. The van der Waals surface area contributed by atoms with Crippen molar-refractivity contribution in [3.05, 3.63) is 106 Å². The van der Waals surface area contributed by atoms with Crippen LogP contribution < -0.4 is 22.1 Å². The minimum absolute atomic E-state index is 0.327. The number of hydrogen-bond donors (Lipinski definition) is 4. The molecule has 0 bridgehead atoms. The summed E-state index contributed by atoms with van der Waals surface area (Å²) in [6, 6.07) is 27.4. The van der Waals surface area contributed by atoms with Crippen molar-refractivity contribution in [3.63, 3.8) is 0 Å². The molecule has 0 saturated heterocycles. The normalized spacial score (nSPS) is 23.8. The number of fused-ring (bicyclic) bond motifs is 2. The number of benzene rings is 3. The van der Waals surface area contributed by atoms with Gasteiger partial charge in [0.05, 0.1) is 11.6 Å². The van der Waals surface area contributed by atoms with Crippen LogP contribution in [0.4, 0.5) is 0 Å². The minimum Gasteiger partial charge on any atom is -0.344 e. The zero-order valence-electron chi connectivity index (χ0n) is 36.4. The molecule has 4 aliphatic carbocycles. The van der Waals surface area contributed by atoms with Crippen LogP contribution in [0.5, 0.6) is 0 Å². The van der Waals surface area contributed by atoms with Gasteiger partial charge in [0, 0.05) is 64.8 Å². The first-order chi connectivity index (χ1) is 29.5. The molecule has 4 saturated carbocycles. The molecule has 7 heteroatoms. The van der Waals surface area contributed by atoms with Crippen molar-refractivity contribution in [1.82, 2.24) is 19.8 Å². The van der Waals surface area contributed by atoms with Gasteiger partial charge in [0.1, 0.15) is 0 Å². The van der Waals surface area contributed by atoms with Crippen molar-refractivity contribution in [2.45, 2.75) is 152 Å². The molecule has 0 aliphatic heterocycles. The Balaban J connectivity index is 0.969. The molecule has 3 aromatic carbocycles.